The molecule has 0 saturated heterocycles. The Morgan fingerprint density at radius 3 is 0.889 bits per heavy atom. The van der Waals surface area contributed by atoms with E-state index in [2.05, 4.69) is 48.5 Å². The lowest BCUT2D eigenvalue weighted by molar-refractivity contribution is -0.303. The van der Waals surface area contributed by atoms with Crippen LogP contribution in [0.3, 0.4) is 0 Å². The fourth-order valence-corrected chi connectivity index (χ4v) is 11.4. The van der Waals surface area contributed by atoms with E-state index in [4.69, 9.17) is 75.0 Å². The highest BCUT2D eigenvalue weighted by molar-refractivity contribution is 5.91. The number of phenols is 3. The van der Waals surface area contributed by atoms with E-state index >= 15 is 0 Å². The number of carboxylic acids is 7. The van der Waals surface area contributed by atoms with Gasteiger partial charge in [0.1, 0.15) is 28.4 Å². The predicted molar refractivity (Wildman–Crippen MR) is 311 cm³/mol. The molecule has 0 aromatic heterocycles. The van der Waals surface area contributed by atoms with E-state index in [1.54, 1.807) is 94.9 Å². The number of carboxylic acid groups (broad SMARTS) is 7. The van der Waals surface area contributed by atoms with Crippen molar-refractivity contribution in [1.82, 2.24) is 0 Å². The van der Waals surface area contributed by atoms with Crippen LogP contribution in [0, 0.1) is 47.3 Å². The molecule has 17 nitrogen and oxygen atoms in total. The zero-order chi connectivity index (χ0) is 68.3. The Hall–Kier alpha value is -9.15. The van der Waals surface area contributed by atoms with Crippen molar-refractivity contribution in [3.63, 3.8) is 0 Å². The van der Waals surface area contributed by atoms with Crippen LogP contribution in [-0.4, -0.2) is 67.3 Å². The molecule has 6 aliphatic rings. The van der Waals surface area contributed by atoms with Gasteiger partial charge >= 0.3 is 24.3 Å². The molecular weight excluding hydrogens is 1190 g/mol. The summed E-state index contributed by atoms with van der Waals surface area (Å²) in [6.07, 6.45) is 8.33. The number of phenolic OH excluding ortho intramolecular Hbond substituents is 1. The molecule has 12 rings (SSSR count). The van der Waals surface area contributed by atoms with E-state index in [1.807, 2.05) is 42.5 Å². The molecular formula is C67H75F6O17-5. The molecule has 0 aliphatic heterocycles. The van der Waals surface area contributed by atoms with Gasteiger partial charge in [-0.3, -0.25) is 0 Å². The van der Waals surface area contributed by atoms with Gasteiger partial charge in [0.2, 0.25) is 0 Å². The molecule has 5 N–H and O–H groups in total. The zero-order valence-corrected chi connectivity index (χ0v) is 50.2. The minimum atomic E-state index is -4.61. The average molecular weight is 1270 g/mol. The van der Waals surface area contributed by atoms with Crippen LogP contribution in [0.25, 0.3) is 10.8 Å². The first-order chi connectivity index (χ1) is 42.0. The van der Waals surface area contributed by atoms with Crippen molar-refractivity contribution in [1.29, 1.82) is 0 Å². The van der Waals surface area contributed by atoms with Gasteiger partial charge in [-0.2, -0.15) is 26.3 Å². The topological polar surface area (TPSA) is 336 Å². The molecule has 90 heavy (non-hydrogen) atoms. The Bertz CT molecular complexity index is 2900. The van der Waals surface area contributed by atoms with Crippen LogP contribution in [-0.2, 0) is 36.3 Å². The number of aromatic carboxylic acids is 2. The largest absolute Gasteiger partial charge is 0.550 e. The number of carbonyl (C=O) groups excluding carboxylic acids is 5. The Balaban J connectivity index is 0.000000506. The number of para-hydroxylation sites is 1. The fourth-order valence-electron chi connectivity index (χ4n) is 11.4. The maximum absolute atomic E-state index is 12.1. The molecule has 6 fully saturated rings. The van der Waals surface area contributed by atoms with Crippen molar-refractivity contribution in [3.05, 3.63) is 174 Å². The monoisotopic (exact) mass is 1270 g/mol. The molecule has 4 atom stereocenters. The van der Waals surface area contributed by atoms with Crippen molar-refractivity contribution < 1.29 is 111 Å². The maximum atomic E-state index is 12.1. The Kier molecular flexibility index (Phi) is 35.4. The smallest absolute Gasteiger partial charge is 0.416 e. The van der Waals surface area contributed by atoms with Crippen molar-refractivity contribution >= 4 is 52.6 Å². The predicted octanol–water partition coefficient (Wildman–Crippen LogP) is 9.19. The highest BCUT2D eigenvalue weighted by Crippen LogP contribution is 2.67. The standard InChI is InChI=1S/C12H18.C10H8.2C8H5F3O3.C7H12.C6H6O.C6H6.5C2H4O2/c1-2-8-5-7(1)11-9-3-4-10(6-9)12(8)11;1-2-6-10-8-4-3-7-9(10)5-1;9-8(10,11)4-1-2-6(12)5(3-4)7(13)14;9-8(10,11)4-1-2-5(7(13)14)6(12)3-4;1-2-7-4-3-6(1)5-7;7-6-4-2-1-3-5-6;1-2-4-6-5-3-1;5*1-2(3)4/h7-12H,1-6H2;1-8H;2*1-3,12H,(H,13,14);6-7H,1-5H2;1-5,7H;1-6H;5*1H3,(H,3,4)/p-5. The van der Waals surface area contributed by atoms with Gasteiger partial charge in [0.25, 0.3) is 0 Å². The first-order valence-corrected chi connectivity index (χ1v) is 28.4. The molecule has 6 bridgehead atoms. The molecule has 23 heteroatoms. The van der Waals surface area contributed by atoms with E-state index in [9.17, 15) is 35.9 Å². The lowest BCUT2D eigenvalue weighted by Gasteiger charge is -2.34. The van der Waals surface area contributed by atoms with Crippen LogP contribution in [0.4, 0.5) is 26.3 Å². The Morgan fingerprint density at radius 1 is 0.367 bits per heavy atom. The van der Waals surface area contributed by atoms with Crippen LogP contribution in [0.15, 0.2) is 152 Å². The molecule has 4 unspecified atom stereocenters. The van der Waals surface area contributed by atoms with Gasteiger partial charge in [-0.05, 0) is 186 Å². The van der Waals surface area contributed by atoms with Crippen LogP contribution in [0.5, 0.6) is 17.2 Å². The molecule has 6 aliphatic carbocycles. The third-order valence-electron chi connectivity index (χ3n) is 14.5. The average Bonchev–Trinajstić information content (AvgIpc) is 1.57. The molecule has 492 valence electrons. The second-order valence-electron chi connectivity index (χ2n) is 21.3. The first kappa shape index (κ1) is 78.9. The van der Waals surface area contributed by atoms with Gasteiger partial charge in [-0.1, -0.05) is 129 Å². The number of benzene rings is 6. The number of aromatic hydroxyl groups is 3. The van der Waals surface area contributed by atoms with Crippen molar-refractivity contribution in [3.8, 4) is 17.2 Å². The van der Waals surface area contributed by atoms with E-state index in [1.165, 1.54) is 58.1 Å². The lowest BCUT2D eigenvalue weighted by Crippen LogP contribution is -2.27. The molecule has 6 saturated carbocycles. The minimum Gasteiger partial charge on any atom is -0.550 e. The highest BCUT2D eigenvalue weighted by Gasteiger charge is 2.59. The third kappa shape index (κ3) is 32.7. The summed E-state index contributed by atoms with van der Waals surface area (Å²) in [5, 5.41) is 90.4. The van der Waals surface area contributed by atoms with Gasteiger partial charge in [0.15, 0.2) is 0 Å². The summed E-state index contributed by atoms with van der Waals surface area (Å²) in [6.45, 7) is 4.86. The van der Waals surface area contributed by atoms with Crippen molar-refractivity contribution in [2.24, 2.45) is 47.3 Å². The quantitative estimate of drug-likeness (QED) is 0.0796. The molecule has 0 spiro atoms. The lowest BCUT2D eigenvalue weighted by atomic mass is 9.71. The van der Waals surface area contributed by atoms with E-state index < -0.39 is 87.9 Å². The number of hydrogen-bond acceptors (Lipinski definition) is 15. The summed E-state index contributed by atoms with van der Waals surface area (Å²) >= 11 is 0. The number of fused-ring (bicyclic) bond motifs is 12. The number of aliphatic carboxylic acids is 5. The highest BCUT2D eigenvalue weighted by atomic mass is 19.4. The Labute approximate surface area is 517 Å². The van der Waals surface area contributed by atoms with Gasteiger partial charge in [0.05, 0.1) is 11.1 Å². The summed E-state index contributed by atoms with van der Waals surface area (Å²) in [4.78, 5) is 65.2. The molecule has 0 radical (unpaired) electrons. The Morgan fingerprint density at radius 2 is 0.644 bits per heavy atom. The summed E-state index contributed by atoms with van der Waals surface area (Å²) in [7, 11) is 0. The summed E-state index contributed by atoms with van der Waals surface area (Å²) in [5.41, 5.74) is -3.51. The first-order valence-electron chi connectivity index (χ1n) is 28.4. The van der Waals surface area contributed by atoms with E-state index in [0.29, 0.717) is 42.1 Å². The second-order valence-corrected chi connectivity index (χ2v) is 21.3. The summed E-state index contributed by atoms with van der Waals surface area (Å²) in [5.74, 6) is -0.124. The maximum Gasteiger partial charge on any atom is 0.416 e. The van der Waals surface area contributed by atoms with Crippen molar-refractivity contribution in [2.75, 3.05) is 0 Å². The van der Waals surface area contributed by atoms with Gasteiger partial charge < -0.3 is 75.0 Å². The number of alkyl halides is 6. The molecule has 0 amide bonds. The van der Waals surface area contributed by atoms with Crippen molar-refractivity contribution in [2.45, 2.75) is 118 Å². The zero-order valence-electron chi connectivity index (χ0n) is 50.2. The van der Waals surface area contributed by atoms with E-state index in [-0.39, 0.29) is 0 Å². The van der Waals surface area contributed by atoms with Crippen LogP contribution < -0.4 is 25.5 Å². The van der Waals surface area contributed by atoms with Crippen LogP contribution in [0.2, 0.25) is 0 Å². The second kappa shape index (κ2) is 40.4. The number of hydrogen-bond donors (Lipinski definition) is 5. The summed E-state index contributed by atoms with van der Waals surface area (Å²) < 4.78 is 72.4. The van der Waals surface area contributed by atoms with E-state index in [0.717, 1.165) is 34.6 Å². The number of carbonyl (C=O) groups is 7. The fraction of sp³-hybridized carbons (Fsp3) is 0.388. The van der Waals surface area contributed by atoms with Gasteiger partial charge in [-0.25, -0.2) is 9.59 Å². The SMILES string of the molecule is C1CC2CC1C1C3CCC(C3)C21.C1CC2CCC1C2.CC(=O)[O-].CC(=O)[O-].CC(=O)[O-].CC(=O)[O-].CC(=O)[O-].O=C(O)c1cc(C(F)(F)F)ccc1O.O=C(O)c1ccc(C(F)(F)F)cc1O.Oc1ccccc1.c1ccc2ccccc2c1.c1ccccc1. The molecule has 6 aromatic carbocycles. The third-order valence-corrected chi connectivity index (χ3v) is 14.5. The number of rotatable bonds is 2. The van der Waals surface area contributed by atoms with Gasteiger partial charge in [-0.15, -0.1) is 0 Å². The molecule has 6 aromatic rings. The molecule has 0 heterocycles. The van der Waals surface area contributed by atoms with Gasteiger partial charge in [0, 0.05) is 29.8 Å². The van der Waals surface area contributed by atoms with Crippen LogP contribution >= 0.6 is 0 Å². The number of halogens is 6. The minimum absolute atomic E-state index is 0.322. The summed E-state index contributed by atoms with van der Waals surface area (Å²) in [6, 6.07) is 40.8. The normalized spacial score (nSPS) is 19.8. The van der Waals surface area contributed by atoms with Crippen LogP contribution in [0.1, 0.15) is 137 Å².